The summed E-state index contributed by atoms with van der Waals surface area (Å²) in [5.41, 5.74) is 0. The molecule has 0 heterocycles. The van der Waals surface area contributed by atoms with Crippen LogP contribution in [0, 0.1) is 23.7 Å². The molecule has 2 aliphatic rings. The molecule has 0 radical (unpaired) electrons. The molecule has 22 heavy (non-hydrogen) atoms. The van der Waals surface area contributed by atoms with Gasteiger partial charge in [-0.3, -0.25) is 0 Å². The molecule has 0 saturated heterocycles. The van der Waals surface area contributed by atoms with Crippen molar-refractivity contribution in [3.8, 4) is 0 Å². The van der Waals surface area contributed by atoms with Crippen molar-refractivity contribution in [1.82, 2.24) is 0 Å². The molecule has 0 spiro atoms. The van der Waals surface area contributed by atoms with E-state index in [2.05, 4.69) is 19.1 Å². The van der Waals surface area contributed by atoms with E-state index < -0.39 is 0 Å². The normalized spacial score (nSPS) is 33.4. The van der Waals surface area contributed by atoms with E-state index in [1.165, 1.54) is 77.0 Å². The Kier molecular flexibility index (Phi) is 8.59. The molecule has 0 unspecified atom stereocenters. The fraction of sp³-hybridized carbons (Fsp3) is 0.905. The first kappa shape index (κ1) is 18.0. The van der Waals surface area contributed by atoms with Crippen LogP contribution in [-0.2, 0) is 4.74 Å². The number of ether oxygens (including phenoxy) is 1. The van der Waals surface area contributed by atoms with Crippen molar-refractivity contribution in [2.45, 2.75) is 84.0 Å². The molecule has 128 valence electrons. The van der Waals surface area contributed by atoms with Gasteiger partial charge >= 0.3 is 0 Å². The fourth-order valence-electron chi connectivity index (χ4n) is 4.78. The lowest BCUT2D eigenvalue weighted by molar-refractivity contribution is 0.151. The third-order valence-electron chi connectivity index (χ3n) is 6.26. The Morgan fingerprint density at radius 2 is 1.50 bits per heavy atom. The van der Waals surface area contributed by atoms with Gasteiger partial charge < -0.3 is 4.74 Å². The second kappa shape index (κ2) is 10.5. The van der Waals surface area contributed by atoms with Crippen molar-refractivity contribution in [2.75, 3.05) is 13.7 Å². The Labute approximate surface area is 138 Å². The predicted molar refractivity (Wildman–Crippen MR) is 96.1 cm³/mol. The van der Waals surface area contributed by atoms with Crippen molar-refractivity contribution in [2.24, 2.45) is 23.7 Å². The minimum atomic E-state index is 0.780. The molecule has 0 atom stereocenters. The summed E-state index contributed by atoms with van der Waals surface area (Å²) in [7, 11) is 1.78. The molecule has 0 aromatic rings. The summed E-state index contributed by atoms with van der Waals surface area (Å²) in [5, 5.41) is 0. The molecule has 2 saturated carbocycles. The zero-order chi connectivity index (χ0) is 15.6. The lowest BCUT2D eigenvalue weighted by Crippen LogP contribution is -2.25. The van der Waals surface area contributed by atoms with Gasteiger partial charge in [-0.15, -0.1) is 0 Å². The van der Waals surface area contributed by atoms with Gasteiger partial charge in [-0.25, -0.2) is 0 Å². The second-order valence-electron chi connectivity index (χ2n) is 7.83. The van der Waals surface area contributed by atoms with E-state index in [-0.39, 0.29) is 0 Å². The summed E-state index contributed by atoms with van der Waals surface area (Å²) in [6.07, 6.45) is 22.3. The third-order valence-corrected chi connectivity index (χ3v) is 6.26. The molecule has 2 aliphatic carbocycles. The summed E-state index contributed by atoms with van der Waals surface area (Å²) in [6.45, 7) is 3.10. The van der Waals surface area contributed by atoms with Crippen LogP contribution >= 0.6 is 0 Å². The molecule has 0 bridgehead atoms. The van der Waals surface area contributed by atoms with Crippen molar-refractivity contribution >= 4 is 0 Å². The molecule has 2 fully saturated rings. The summed E-state index contributed by atoms with van der Waals surface area (Å²) >= 11 is 0. The molecular weight excluding hydrogens is 268 g/mol. The van der Waals surface area contributed by atoms with Gasteiger partial charge in [0.05, 0.1) is 6.61 Å². The molecule has 0 aliphatic heterocycles. The highest BCUT2D eigenvalue weighted by atomic mass is 16.5. The zero-order valence-corrected chi connectivity index (χ0v) is 15.1. The number of hydrogen-bond donors (Lipinski definition) is 0. The highest BCUT2D eigenvalue weighted by Gasteiger charge is 2.30. The molecule has 0 N–H and O–H groups in total. The van der Waals surface area contributed by atoms with Gasteiger partial charge in [0.15, 0.2) is 0 Å². The molecule has 0 aromatic heterocycles. The first-order valence-corrected chi connectivity index (χ1v) is 9.99. The van der Waals surface area contributed by atoms with Crippen molar-refractivity contribution in [3.05, 3.63) is 12.2 Å². The summed E-state index contributed by atoms with van der Waals surface area (Å²) in [6, 6.07) is 0. The SMILES string of the molecule is CCCCCC1CCC(C2CCC(C=CCOC)CC2)CC1. The molecule has 2 rings (SSSR count). The van der Waals surface area contributed by atoms with E-state index in [0.717, 1.165) is 30.3 Å². The third kappa shape index (κ3) is 6.07. The van der Waals surface area contributed by atoms with Crippen LogP contribution in [0.3, 0.4) is 0 Å². The van der Waals surface area contributed by atoms with Crippen LogP contribution < -0.4 is 0 Å². The van der Waals surface area contributed by atoms with Crippen LogP contribution in [0.1, 0.15) is 84.0 Å². The average Bonchev–Trinajstić information content (AvgIpc) is 2.57. The standard InChI is InChI=1S/C21H38O/c1-3-4-5-7-18-9-13-20(14-10-18)21-15-11-19(12-16-21)8-6-17-22-2/h6,8,18-21H,3-5,7,9-17H2,1-2H3. The van der Waals surface area contributed by atoms with Crippen LogP contribution in [0.4, 0.5) is 0 Å². The molecule has 1 heteroatoms. The monoisotopic (exact) mass is 306 g/mol. The predicted octanol–water partition coefficient (Wildman–Crippen LogP) is 6.38. The Hall–Kier alpha value is -0.300. The average molecular weight is 307 g/mol. The van der Waals surface area contributed by atoms with Gasteiger partial charge in [-0.05, 0) is 62.2 Å². The summed E-state index contributed by atoms with van der Waals surface area (Å²) < 4.78 is 5.11. The van der Waals surface area contributed by atoms with Crippen LogP contribution in [0.15, 0.2) is 12.2 Å². The van der Waals surface area contributed by atoms with Crippen LogP contribution in [0.2, 0.25) is 0 Å². The van der Waals surface area contributed by atoms with E-state index in [4.69, 9.17) is 4.74 Å². The molecule has 0 amide bonds. The van der Waals surface area contributed by atoms with E-state index >= 15 is 0 Å². The fourth-order valence-corrected chi connectivity index (χ4v) is 4.78. The van der Waals surface area contributed by atoms with Crippen molar-refractivity contribution < 1.29 is 4.74 Å². The molecule has 0 aromatic carbocycles. The van der Waals surface area contributed by atoms with Crippen molar-refractivity contribution in [3.63, 3.8) is 0 Å². The largest absolute Gasteiger partial charge is 0.381 e. The Morgan fingerprint density at radius 1 is 0.864 bits per heavy atom. The summed E-state index contributed by atoms with van der Waals surface area (Å²) in [5.74, 6) is 4.00. The highest BCUT2D eigenvalue weighted by molar-refractivity contribution is 4.92. The van der Waals surface area contributed by atoms with Gasteiger partial charge in [0.1, 0.15) is 0 Å². The number of unbranched alkanes of at least 4 members (excludes halogenated alkanes) is 2. The number of allylic oxidation sites excluding steroid dienone is 1. The minimum absolute atomic E-state index is 0.780. The van der Waals surface area contributed by atoms with E-state index in [1.54, 1.807) is 7.11 Å². The number of rotatable bonds is 8. The maximum Gasteiger partial charge on any atom is 0.0643 e. The maximum absolute atomic E-state index is 5.11. The first-order chi connectivity index (χ1) is 10.8. The van der Waals surface area contributed by atoms with E-state index in [9.17, 15) is 0 Å². The van der Waals surface area contributed by atoms with Gasteiger partial charge in [0, 0.05) is 7.11 Å². The number of methoxy groups -OCH3 is 1. The summed E-state index contributed by atoms with van der Waals surface area (Å²) in [4.78, 5) is 0. The van der Waals surface area contributed by atoms with Gasteiger partial charge in [0.2, 0.25) is 0 Å². The lowest BCUT2D eigenvalue weighted by Gasteiger charge is -2.37. The van der Waals surface area contributed by atoms with Crippen LogP contribution in [-0.4, -0.2) is 13.7 Å². The Bertz CT molecular complexity index is 293. The van der Waals surface area contributed by atoms with E-state index in [1.807, 2.05) is 0 Å². The topological polar surface area (TPSA) is 9.23 Å². The maximum atomic E-state index is 5.11. The second-order valence-corrected chi connectivity index (χ2v) is 7.83. The van der Waals surface area contributed by atoms with Crippen LogP contribution in [0.5, 0.6) is 0 Å². The molecule has 1 nitrogen and oxygen atoms in total. The Morgan fingerprint density at radius 3 is 2.09 bits per heavy atom. The highest BCUT2D eigenvalue weighted by Crippen LogP contribution is 2.42. The zero-order valence-electron chi connectivity index (χ0n) is 15.1. The Balaban J connectivity index is 1.62. The lowest BCUT2D eigenvalue weighted by atomic mass is 9.68. The molecular formula is C21H38O. The van der Waals surface area contributed by atoms with E-state index in [0.29, 0.717) is 0 Å². The quantitative estimate of drug-likeness (QED) is 0.373. The van der Waals surface area contributed by atoms with Crippen molar-refractivity contribution in [1.29, 1.82) is 0 Å². The van der Waals surface area contributed by atoms with Gasteiger partial charge in [-0.1, -0.05) is 57.6 Å². The number of hydrogen-bond acceptors (Lipinski definition) is 1. The van der Waals surface area contributed by atoms with Gasteiger partial charge in [-0.2, -0.15) is 0 Å². The van der Waals surface area contributed by atoms with Gasteiger partial charge in [0.25, 0.3) is 0 Å². The smallest absolute Gasteiger partial charge is 0.0643 e. The first-order valence-electron chi connectivity index (χ1n) is 9.99. The van der Waals surface area contributed by atoms with Crippen LogP contribution in [0.25, 0.3) is 0 Å². The minimum Gasteiger partial charge on any atom is -0.381 e.